The minimum atomic E-state index is -1.08. The Hall–Kier alpha value is -3.73. The third-order valence-corrected chi connectivity index (χ3v) is 13.5. The average Bonchev–Trinajstić information content (AvgIpc) is 3.76. The van der Waals surface area contributed by atoms with E-state index in [4.69, 9.17) is 24.9 Å². The van der Waals surface area contributed by atoms with Crippen molar-refractivity contribution in [1.29, 1.82) is 0 Å². The summed E-state index contributed by atoms with van der Waals surface area (Å²) in [6.45, 7) is 18.3. The molecule has 331 valence electrons. The van der Waals surface area contributed by atoms with Gasteiger partial charge in [-0.15, -0.1) is 10.2 Å². The number of anilines is 4. The zero-order valence-electron chi connectivity index (χ0n) is 35.5. The Morgan fingerprint density at radius 3 is 2.33 bits per heavy atom. The maximum atomic E-state index is 12.8. The number of hydrogen-bond acceptors (Lipinski definition) is 11. The molecular formula is C45H55IN8NiO5S-3. The molecule has 0 saturated heterocycles. The first kappa shape index (κ1) is 46.8. The van der Waals surface area contributed by atoms with Gasteiger partial charge in [-0.25, -0.2) is 14.8 Å². The molecule has 13 nitrogen and oxygen atoms in total. The van der Waals surface area contributed by atoms with E-state index >= 15 is 0 Å². The number of thiazole rings is 1. The van der Waals surface area contributed by atoms with E-state index in [1.165, 1.54) is 6.42 Å². The van der Waals surface area contributed by atoms with E-state index in [1.54, 1.807) is 31.8 Å². The summed E-state index contributed by atoms with van der Waals surface area (Å²) in [6.07, 6.45) is 11.0. The Balaban J connectivity index is 0.000000639. The average molecular weight is 1010 g/mol. The van der Waals surface area contributed by atoms with Crippen molar-refractivity contribution in [3.63, 3.8) is 0 Å². The van der Waals surface area contributed by atoms with Crippen LogP contribution in [-0.2, 0) is 34.8 Å². The van der Waals surface area contributed by atoms with Crippen molar-refractivity contribution in [2.24, 2.45) is 16.2 Å². The van der Waals surface area contributed by atoms with Gasteiger partial charge in [0.2, 0.25) is 0 Å². The molecule has 4 bridgehead atoms. The molecule has 1 aliphatic heterocycles. The zero-order chi connectivity index (χ0) is 43.0. The van der Waals surface area contributed by atoms with Crippen molar-refractivity contribution in [3.8, 4) is 11.1 Å². The first-order valence-corrected chi connectivity index (χ1v) is 24.3. The number of nitrogens with zero attached hydrogens (tertiary/aromatic N) is 7. The third kappa shape index (κ3) is 9.47. The van der Waals surface area contributed by atoms with Gasteiger partial charge in [0.15, 0.2) is 22.5 Å². The minimum absolute atomic E-state index is 0. The summed E-state index contributed by atoms with van der Waals surface area (Å²) in [5.41, 5.74) is 5.75. The number of carboxylic acid groups (broad SMARTS) is 2. The van der Waals surface area contributed by atoms with Crippen LogP contribution < -0.4 is 10.2 Å². The molecule has 61 heavy (non-hydrogen) atoms. The molecule has 0 spiro atoms. The molecule has 5 heterocycles. The second kappa shape index (κ2) is 18.5. The van der Waals surface area contributed by atoms with Gasteiger partial charge in [0, 0.05) is 47.5 Å². The van der Waals surface area contributed by atoms with Crippen molar-refractivity contribution in [2.75, 3.05) is 23.4 Å². The number of pyridine rings is 1. The normalized spacial score (nSPS) is 24.5. The van der Waals surface area contributed by atoms with Gasteiger partial charge in [0.05, 0.1) is 22.0 Å². The molecule has 0 amide bonds. The van der Waals surface area contributed by atoms with E-state index in [0.717, 1.165) is 89.2 Å². The molecule has 5 aromatic rings. The summed E-state index contributed by atoms with van der Waals surface area (Å²) >= 11 is 7.20. The molecule has 4 aliphatic carbocycles. The van der Waals surface area contributed by atoms with E-state index in [0.29, 0.717) is 42.6 Å². The number of nitrogens with one attached hydrogen (secondary N) is 1. The predicted molar refractivity (Wildman–Crippen MR) is 245 cm³/mol. The fourth-order valence-electron chi connectivity index (χ4n) is 11.6. The second-order valence-electron chi connectivity index (χ2n) is 17.7. The Bertz CT molecular complexity index is 2350. The molecule has 0 radical (unpaired) electrons. The number of aromatic nitrogens is 6. The number of carboxylic acids is 2. The number of aliphatic carboxylic acids is 1. The number of halogens is 1. The summed E-state index contributed by atoms with van der Waals surface area (Å²) in [7, 11) is 0. The topological polar surface area (TPSA) is 168 Å². The van der Waals surface area contributed by atoms with Gasteiger partial charge >= 0.3 is 44.7 Å². The van der Waals surface area contributed by atoms with Gasteiger partial charge in [-0.1, -0.05) is 43.9 Å². The van der Waals surface area contributed by atoms with E-state index in [-0.39, 0.29) is 41.4 Å². The SMILES string of the molecule is [CH2-]CCC(=O)O.[CH2-]COC12CC3(C)CC(C)(CC(Cn4ncc(-c5ccc(N6CCCc7c6nnc(Nc6nc8ccccc8s6)c7C)nc5C(=O)O)c4C)(C3)C1)C2.[CH3-].[Ni][I]. The molecule has 4 saturated carbocycles. The fourth-order valence-corrected chi connectivity index (χ4v) is 12.5. The molecule has 16 heteroatoms. The molecule has 1 aromatic carbocycles. The number of carbonyl (C=O) groups is 2. The van der Waals surface area contributed by atoms with Crippen molar-refractivity contribution in [2.45, 2.75) is 104 Å². The molecular weight excluding hydrogens is 950 g/mol. The van der Waals surface area contributed by atoms with Crippen LogP contribution in [0.5, 0.6) is 0 Å². The quantitative estimate of drug-likeness (QED) is 0.0652. The Morgan fingerprint density at radius 1 is 0.967 bits per heavy atom. The van der Waals surface area contributed by atoms with Crippen LogP contribution in [0.3, 0.4) is 0 Å². The molecule has 5 aliphatic rings. The zero-order valence-corrected chi connectivity index (χ0v) is 39.5. The van der Waals surface area contributed by atoms with E-state index in [1.807, 2.05) is 55.3 Å². The molecule has 3 N–H and O–H groups in total. The van der Waals surface area contributed by atoms with Crippen LogP contribution in [0.1, 0.15) is 98.9 Å². The predicted octanol–water partition coefficient (Wildman–Crippen LogP) is 10.5. The van der Waals surface area contributed by atoms with Crippen LogP contribution in [0, 0.1) is 51.4 Å². The number of hydrogen-bond donors (Lipinski definition) is 3. The Kier molecular flexibility index (Phi) is 14.2. The van der Waals surface area contributed by atoms with Crippen LogP contribution in [-0.4, -0.2) is 70.9 Å². The number of rotatable bonds is 11. The number of benzene rings is 1. The van der Waals surface area contributed by atoms with E-state index in [9.17, 15) is 14.7 Å². The summed E-state index contributed by atoms with van der Waals surface area (Å²) in [6, 6.07) is 11.8. The molecule has 2 atom stereocenters. The van der Waals surface area contributed by atoms with Crippen LogP contribution in [0.15, 0.2) is 42.6 Å². The number of para-hydroxylation sites is 1. The van der Waals surface area contributed by atoms with Gasteiger partial charge in [0.1, 0.15) is 5.82 Å². The van der Waals surface area contributed by atoms with Crippen LogP contribution in [0.2, 0.25) is 0 Å². The van der Waals surface area contributed by atoms with Crippen LogP contribution in [0.25, 0.3) is 21.3 Å². The maximum absolute atomic E-state index is 12.8. The summed E-state index contributed by atoms with van der Waals surface area (Å²) < 4.78 is 9.69. The van der Waals surface area contributed by atoms with Crippen molar-refractivity contribution >= 4 is 76.6 Å². The summed E-state index contributed by atoms with van der Waals surface area (Å²) in [4.78, 5) is 33.9. The molecule has 4 fully saturated rings. The Morgan fingerprint density at radius 2 is 1.69 bits per heavy atom. The second-order valence-corrected chi connectivity index (χ2v) is 18.8. The number of aromatic carboxylic acids is 1. The van der Waals surface area contributed by atoms with E-state index in [2.05, 4.69) is 66.2 Å². The first-order chi connectivity index (χ1) is 28.7. The van der Waals surface area contributed by atoms with Crippen molar-refractivity contribution in [3.05, 3.63) is 86.4 Å². The first-order valence-electron chi connectivity index (χ1n) is 20.3. The number of fused-ring (bicyclic) bond motifs is 2. The molecule has 10 rings (SSSR count). The Labute approximate surface area is 382 Å². The summed E-state index contributed by atoms with van der Waals surface area (Å²) in [5, 5.41) is 36.6. The molecule has 2 unspecified atom stereocenters. The van der Waals surface area contributed by atoms with Gasteiger partial charge in [0.25, 0.3) is 0 Å². The fraction of sp³-hybridized carbons (Fsp3) is 0.467. The number of ether oxygens (including phenoxy) is 1. The van der Waals surface area contributed by atoms with Crippen molar-refractivity contribution in [1.82, 2.24) is 29.9 Å². The van der Waals surface area contributed by atoms with Crippen LogP contribution >= 0.6 is 31.8 Å². The van der Waals surface area contributed by atoms with E-state index < -0.39 is 11.9 Å². The third-order valence-electron chi connectivity index (χ3n) is 12.6. The van der Waals surface area contributed by atoms with Crippen LogP contribution in [0.4, 0.5) is 22.6 Å². The van der Waals surface area contributed by atoms with Crippen molar-refractivity contribution < 1.29 is 36.8 Å². The van der Waals surface area contributed by atoms with Gasteiger partial charge < -0.3 is 46.4 Å². The standard InChI is InChI=1S/C40H45N8O3S.C4H7O2.CH3.HI.Ni/c1-6-51-40-20-37(4)17-38(5,21-40)19-39(18-37,22-40)23-48-25(3)28(16-41-48)27-13-14-31(43-32(27)35(49)50)47-15-9-10-26-24(2)33(45-46-34(26)47)44-36-42-29-11-7-8-12-30(29)52-36;1-2-3-4(5)6;;;/h7-8,11-14,16H,1,6,9-10,15,17-23H2,2-5H3,(H,49,50)(H,42,44,45);1-3H2,(H,5,6);1H3;1H;/q3*-1;;+1/p-1. The summed E-state index contributed by atoms with van der Waals surface area (Å²) in [5.74, 6) is 0.0674. The van der Waals surface area contributed by atoms with Gasteiger partial charge in [-0.2, -0.15) is 11.5 Å². The molecule has 4 aromatic heterocycles. The van der Waals surface area contributed by atoms with Gasteiger partial charge in [-0.05, 0) is 106 Å². The van der Waals surface area contributed by atoms with Gasteiger partial charge in [-0.3, -0.25) is 9.48 Å². The monoisotopic (exact) mass is 1000 g/mol.